The molecule has 0 amide bonds. The van der Waals surface area contributed by atoms with E-state index >= 15 is 0 Å². The van der Waals surface area contributed by atoms with E-state index in [0.29, 0.717) is 11.6 Å². The molecule has 1 aliphatic carbocycles. The van der Waals surface area contributed by atoms with Gasteiger partial charge in [0.1, 0.15) is 0 Å². The SMILES string of the molecule is NC1CCCN(C2CC2)C1c1ccccc1C(F)(F)F. The van der Waals surface area contributed by atoms with Crippen LogP contribution in [-0.2, 0) is 6.18 Å². The van der Waals surface area contributed by atoms with Crippen molar-refractivity contribution in [2.24, 2.45) is 5.73 Å². The highest BCUT2D eigenvalue weighted by Gasteiger charge is 2.43. The Morgan fingerprint density at radius 2 is 1.80 bits per heavy atom. The summed E-state index contributed by atoms with van der Waals surface area (Å²) in [6.07, 6.45) is -0.389. The molecule has 20 heavy (non-hydrogen) atoms. The number of hydrogen-bond acceptors (Lipinski definition) is 2. The van der Waals surface area contributed by atoms with Gasteiger partial charge in [-0.05, 0) is 43.9 Å². The summed E-state index contributed by atoms with van der Waals surface area (Å²) in [5.41, 5.74) is 5.98. The van der Waals surface area contributed by atoms with Gasteiger partial charge in [-0.3, -0.25) is 4.90 Å². The molecule has 110 valence electrons. The third-order valence-electron chi connectivity index (χ3n) is 4.32. The summed E-state index contributed by atoms with van der Waals surface area (Å²) in [4.78, 5) is 2.19. The van der Waals surface area contributed by atoms with E-state index in [1.54, 1.807) is 12.1 Å². The maximum absolute atomic E-state index is 13.2. The second-order valence-electron chi connectivity index (χ2n) is 5.80. The van der Waals surface area contributed by atoms with Gasteiger partial charge in [-0.1, -0.05) is 18.2 Å². The van der Waals surface area contributed by atoms with Crippen LogP contribution in [0.4, 0.5) is 13.2 Å². The van der Waals surface area contributed by atoms with E-state index in [1.165, 1.54) is 12.1 Å². The van der Waals surface area contributed by atoms with Gasteiger partial charge in [0.25, 0.3) is 0 Å². The van der Waals surface area contributed by atoms with Crippen molar-refractivity contribution >= 4 is 0 Å². The lowest BCUT2D eigenvalue weighted by Gasteiger charge is -2.41. The monoisotopic (exact) mass is 284 g/mol. The van der Waals surface area contributed by atoms with Crippen molar-refractivity contribution in [2.45, 2.75) is 50.0 Å². The van der Waals surface area contributed by atoms with Gasteiger partial charge in [0.05, 0.1) is 11.6 Å². The number of nitrogens with two attached hydrogens (primary N) is 1. The van der Waals surface area contributed by atoms with E-state index in [2.05, 4.69) is 4.90 Å². The lowest BCUT2D eigenvalue weighted by Crippen LogP contribution is -2.47. The quantitative estimate of drug-likeness (QED) is 0.902. The summed E-state index contributed by atoms with van der Waals surface area (Å²) in [7, 11) is 0. The van der Waals surface area contributed by atoms with Gasteiger partial charge in [0, 0.05) is 12.1 Å². The first-order valence-electron chi connectivity index (χ1n) is 7.16. The molecular formula is C15H19F3N2. The first kappa shape index (κ1) is 13.9. The van der Waals surface area contributed by atoms with Crippen LogP contribution in [0.3, 0.4) is 0 Å². The average molecular weight is 284 g/mol. The molecule has 1 saturated heterocycles. The van der Waals surface area contributed by atoms with Gasteiger partial charge in [0.15, 0.2) is 0 Å². The minimum atomic E-state index is -4.32. The van der Waals surface area contributed by atoms with Gasteiger partial charge in [-0.2, -0.15) is 13.2 Å². The number of alkyl halides is 3. The van der Waals surface area contributed by atoms with E-state index in [1.807, 2.05) is 0 Å². The van der Waals surface area contributed by atoms with Crippen molar-refractivity contribution in [3.8, 4) is 0 Å². The van der Waals surface area contributed by atoms with Crippen LogP contribution in [0.25, 0.3) is 0 Å². The van der Waals surface area contributed by atoms with Gasteiger partial charge in [-0.15, -0.1) is 0 Å². The Morgan fingerprint density at radius 3 is 2.45 bits per heavy atom. The largest absolute Gasteiger partial charge is 0.416 e. The third kappa shape index (κ3) is 2.56. The molecule has 2 atom stereocenters. The van der Waals surface area contributed by atoms with Crippen LogP contribution in [0.2, 0.25) is 0 Å². The van der Waals surface area contributed by atoms with E-state index in [9.17, 15) is 13.2 Å². The molecule has 1 saturated carbocycles. The normalized spacial score (nSPS) is 28.6. The Kier molecular flexibility index (Phi) is 3.50. The predicted molar refractivity (Wildman–Crippen MR) is 71.1 cm³/mol. The van der Waals surface area contributed by atoms with Crippen molar-refractivity contribution in [1.29, 1.82) is 0 Å². The highest BCUT2D eigenvalue weighted by atomic mass is 19.4. The van der Waals surface area contributed by atoms with Gasteiger partial charge in [-0.25, -0.2) is 0 Å². The number of benzene rings is 1. The number of hydrogen-bond donors (Lipinski definition) is 1. The summed E-state index contributed by atoms with van der Waals surface area (Å²) in [5, 5.41) is 0. The molecule has 1 aromatic rings. The molecule has 2 nitrogen and oxygen atoms in total. The second kappa shape index (κ2) is 5.04. The third-order valence-corrected chi connectivity index (χ3v) is 4.32. The van der Waals surface area contributed by atoms with Gasteiger partial charge in [0.2, 0.25) is 0 Å². The Labute approximate surface area is 116 Å². The van der Waals surface area contributed by atoms with E-state index in [-0.39, 0.29) is 12.1 Å². The topological polar surface area (TPSA) is 29.3 Å². The van der Waals surface area contributed by atoms with Crippen LogP contribution >= 0.6 is 0 Å². The van der Waals surface area contributed by atoms with Crippen LogP contribution in [0.15, 0.2) is 24.3 Å². The molecule has 2 fully saturated rings. The van der Waals surface area contributed by atoms with Gasteiger partial charge < -0.3 is 5.73 Å². The fourth-order valence-electron chi connectivity index (χ4n) is 3.29. The van der Waals surface area contributed by atoms with E-state index in [4.69, 9.17) is 5.73 Å². The molecule has 2 unspecified atom stereocenters. The lowest BCUT2D eigenvalue weighted by molar-refractivity contribution is -0.139. The molecule has 1 aromatic carbocycles. The van der Waals surface area contributed by atoms with Crippen LogP contribution in [0.5, 0.6) is 0 Å². The molecule has 0 radical (unpaired) electrons. The molecule has 0 bridgehead atoms. The molecule has 2 aliphatic rings. The highest BCUT2D eigenvalue weighted by molar-refractivity contribution is 5.34. The molecule has 1 heterocycles. The molecule has 5 heteroatoms. The molecule has 2 N–H and O–H groups in total. The zero-order valence-corrected chi connectivity index (χ0v) is 11.2. The number of likely N-dealkylation sites (tertiary alicyclic amines) is 1. The van der Waals surface area contributed by atoms with E-state index < -0.39 is 11.7 Å². The van der Waals surface area contributed by atoms with Crippen LogP contribution in [0, 0.1) is 0 Å². The number of rotatable bonds is 2. The standard InChI is InChI=1S/C15H19F3N2/c16-15(17,18)12-5-2-1-4-11(12)14-13(19)6-3-9-20(14)10-7-8-10/h1-2,4-5,10,13-14H,3,6-9,19H2. The number of piperidine rings is 1. The Morgan fingerprint density at radius 1 is 1.10 bits per heavy atom. The zero-order chi connectivity index (χ0) is 14.3. The van der Waals surface area contributed by atoms with Crippen molar-refractivity contribution in [3.05, 3.63) is 35.4 Å². The molecule has 0 spiro atoms. The van der Waals surface area contributed by atoms with Crippen molar-refractivity contribution < 1.29 is 13.2 Å². The second-order valence-corrected chi connectivity index (χ2v) is 5.80. The van der Waals surface area contributed by atoms with E-state index in [0.717, 1.165) is 32.2 Å². The summed E-state index contributed by atoms with van der Waals surface area (Å²) >= 11 is 0. The first-order chi connectivity index (χ1) is 9.48. The predicted octanol–water partition coefficient (Wildman–Crippen LogP) is 3.33. The summed E-state index contributed by atoms with van der Waals surface area (Å²) in [6, 6.07) is 5.80. The van der Waals surface area contributed by atoms with Crippen molar-refractivity contribution in [3.63, 3.8) is 0 Å². The number of halogens is 3. The maximum Gasteiger partial charge on any atom is 0.416 e. The Bertz CT molecular complexity index is 482. The molecule has 3 rings (SSSR count). The minimum Gasteiger partial charge on any atom is -0.326 e. The summed E-state index contributed by atoms with van der Waals surface area (Å²) in [5.74, 6) is 0. The van der Waals surface area contributed by atoms with Crippen molar-refractivity contribution in [1.82, 2.24) is 4.90 Å². The first-order valence-corrected chi connectivity index (χ1v) is 7.16. The fraction of sp³-hybridized carbons (Fsp3) is 0.600. The smallest absolute Gasteiger partial charge is 0.326 e. The zero-order valence-electron chi connectivity index (χ0n) is 11.2. The maximum atomic E-state index is 13.2. The Hall–Kier alpha value is -1.07. The van der Waals surface area contributed by atoms with Gasteiger partial charge >= 0.3 is 6.18 Å². The fourth-order valence-corrected chi connectivity index (χ4v) is 3.29. The highest BCUT2D eigenvalue weighted by Crippen LogP contribution is 2.43. The molecule has 1 aliphatic heterocycles. The number of nitrogens with zero attached hydrogens (tertiary/aromatic N) is 1. The van der Waals surface area contributed by atoms with Crippen LogP contribution in [0.1, 0.15) is 42.9 Å². The average Bonchev–Trinajstić information content (AvgIpc) is 3.21. The van der Waals surface area contributed by atoms with Crippen LogP contribution in [-0.4, -0.2) is 23.5 Å². The van der Waals surface area contributed by atoms with Crippen molar-refractivity contribution in [2.75, 3.05) is 6.54 Å². The lowest BCUT2D eigenvalue weighted by atomic mass is 9.88. The summed E-state index contributed by atoms with van der Waals surface area (Å²) in [6.45, 7) is 0.856. The summed E-state index contributed by atoms with van der Waals surface area (Å²) < 4.78 is 39.6. The van der Waals surface area contributed by atoms with Crippen LogP contribution < -0.4 is 5.73 Å². The molecule has 0 aromatic heterocycles. The Balaban J connectivity index is 2.01. The molecular weight excluding hydrogens is 265 g/mol. The minimum absolute atomic E-state index is 0.215.